The van der Waals surface area contributed by atoms with Crippen LogP contribution < -0.4 is 10.6 Å². The van der Waals surface area contributed by atoms with Gasteiger partial charge in [-0.2, -0.15) is 0 Å². The minimum Gasteiger partial charge on any atom is -0.354 e. The zero-order chi connectivity index (χ0) is 14.6. The van der Waals surface area contributed by atoms with Gasteiger partial charge >= 0.3 is 0 Å². The van der Waals surface area contributed by atoms with Gasteiger partial charge in [-0.3, -0.25) is 4.99 Å². The smallest absolute Gasteiger partial charge is 0.191 e. The van der Waals surface area contributed by atoms with Crippen LogP contribution in [0.4, 0.5) is 0 Å². The fraction of sp³-hybridized carbons (Fsp3) is 0.733. The maximum Gasteiger partial charge on any atom is 0.191 e. The molecule has 0 unspecified atom stereocenters. The van der Waals surface area contributed by atoms with Crippen molar-refractivity contribution in [2.24, 2.45) is 4.99 Å². The maximum atomic E-state index is 4.69. The van der Waals surface area contributed by atoms with E-state index >= 15 is 0 Å². The monoisotopic (exact) mass is 294 g/mol. The van der Waals surface area contributed by atoms with Gasteiger partial charge in [-0.15, -0.1) is 11.3 Å². The van der Waals surface area contributed by atoms with Crippen molar-refractivity contribution in [2.45, 2.75) is 64.5 Å². The number of nitrogens with zero attached hydrogens (tertiary/aromatic N) is 2. The van der Waals surface area contributed by atoms with Gasteiger partial charge in [0.05, 0.1) is 17.2 Å². The molecule has 2 rings (SSSR count). The van der Waals surface area contributed by atoms with Crippen LogP contribution in [0.15, 0.2) is 10.4 Å². The molecule has 0 bridgehead atoms. The van der Waals surface area contributed by atoms with Crippen LogP contribution in [0.5, 0.6) is 0 Å². The number of nitrogens with one attached hydrogen (secondary N) is 2. The third-order valence-corrected chi connectivity index (χ3v) is 4.87. The Morgan fingerprint density at radius 1 is 1.40 bits per heavy atom. The molecule has 0 radical (unpaired) electrons. The number of thiazole rings is 1. The van der Waals surface area contributed by atoms with Gasteiger partial charge in [-0.1, -0.05) is 33.6 Å². The maximum absolute atomic E-state index is 4.69. The van der Waals surface area contributed by atoms with Crippen LogP contribution in [0, 0.1) is 0 Å². The van der Waals surface area contributed by atoms with Crippen molar-refractivity contribution in [3.05, 3.63) is 16.1 Å². The van der Waals surface area contributed by atoms with Crippen molar-refractivity contribution < 1.29 is 0 Å². The molecule has 1 fully saturated rings. The van der Waals surface area contributed by atoms with E-state index in [2.05, 4.69) is 41.8 Å². The van der Waals surface area contributed by atoms with Crippen LogP contribution in [0.3, 0.4) is 0 Å². The number of aliphatic imine (C=N–C) groups is 1. The van der Waals surface area contributed by atoms with Crippen molar-refractivity contribution in [1.82, 2.24) is 15.6 Å². The highest BCUT2D eigenvalue weighted by atomic mass is 32.1. The summed E-state index contributed by atoms with van der Waals surface area (Å²) < 4.78 is 0. The lowest BCUT2D eigenvalue weighted by Crippen LogP contribution is -2.42. The zero-order valence-corrected chi connectivity index (χ0v) is 13.8. The van der Waals surface area contributed by atoms with Gasteiger partial charge in [-0.05, 0) is 12.8 Å². The Bertz CT molecular complexity index is 453. The summed E-state index contributed by atoms with van der Waals surface area (Å²) >= 11 is 1.74. The molecular formula is C15H26N4S. The van der Waals surface area contributed by atoms with Crippen molar-refractivity contribution >= 4 is 17.3 Å². The van der Waals surface area contributed by atoms with Gasteiger partial charge in [0.1, 0.15) is 0 Å². The Morgan fingerprint density at radius 3 is 2.65 bits per heavy atom. The summed E-state index contributed by atoms with van der Waals surface area (Å²) in [7, 11) is 1.83. The van der Waals surface area contributed by atoms with E-state index in [-0.39, 0.29) is 5.41 Å². The fourth-order valence-electron chi connectivity index (χ4n) is 2.37. The van der Waals surface area contributed by atoms with E-state index in [0.29, 0.717) is 6.04 Å². The van der Waals surface area contributed by atoms with Crippen LogP contribution in [0.25, 0.3) is 0 Å². The second-order valence-electron chi connectivity index (χ2n) is 6.45. The molecule has 0 amide bonds. The zero-order valence-electron chi connectivity index (χ0n) is 13.0. The molecule has 0 aliphatic heterocycles. The molecule has 1 aliphatic carbocycles. The van der Waals surface area contributed by atoms with Crippen LogP contribution in [0.2, 0.25) is 0 Å². The van der Waals surface area contributed by atoms with Gasteiger partial charge in [0.2, 0.25) is 0 Å². The fourth-order valence-corrected chi connectivity index (χ4v) is 3.27. The Balaban J connectivity index is 1.85. The molecule has 0 atom stereocenters. The van der Waals surface area contributed by atoms with E-state index in [1.54, 1.807) is 11.3 Å². The summed E-state index contributed by atoms with van der Waals surface area (Å²) in [5.74, 6) is 0.891. The lowest BCUT2D eigenvalue weighted by atomic mass is 9.98. The lowest BCUT2D eigenvalue weighted by Gasteiger charge is -2.16. The van der Waals surface area contributed by atoms with Crippen molar-refractivity contribution in [2.75, 3.05) is 7.05 Å². The molecular weight excluding hydrogens is 268 g/mol. The molecule has 1 aromatic rings. The van der Waals surface area contributed by atoms with Crippen LogP contribution in [-0.2, 0) is 12.0 Å². The molecule has 1 aliphatic rings. The highest BCUT2D eigenvalue weighted by Gasteiger charge is 2.18. The Hall–Kier alpha value is -1.10. The van der Waals surface area contributed by atoms with Gasteiger partial charge in [0.25, 0.3) is 0 Å². The number of hydrogen-bond acceptors (Lipinski definition) is 3. The molecule has 4 nitrogen and oxygen atoms in total. The second kappa shape index (κ2) is 6.57. The predicted octanol–water partition coefficient (Wildman–Crippen LogP) is 3.05. The third-order valence-electron chi connectivity index (χ3n) is 3.55. The average Bonchev–Trinajstić information content (AvgIpc) is 3.04. The van der Waals surface area contributed by atoms with Crippen molar-refractivity contribution in [3.8, 4) is 0 Å². The third kappa shape index (κ3) is 4.20. The van der Waals surface area contributed by atoms with E-state index in [1.165, 1.54) is 30.7 Å². The molecule has 2 N–H and O–H groups in total. The first-order valence-electron chi connectivity index (χ1n) is 7.41. The topological polar surface area (TPSA) is 49.3 Å². The predicted molar refractivity (Wildman–Crippen MR) is 86.4 cm³/mol. The first kappa shape index (κ1) is 15.3. The number of rotatable bonds is 3. The SMILES string of the molecule is CN=C(NCc1csc(C(C)(C)C)n1)NC1CCCC1. The van der Waals surface area contributed by atoms with Crippen molar-refractivity contribution in [1.29, 1.82) is 0 Å². The summed E-state index contributed by atoms with van der Waals surface area (Å²) in [6.45, 7) is 7.33. The summed E-state index contributed by atoms with van der Waals surface area (Å²) in [5, 5.41) is 10.2. The van der Waals surface area contributed by atoms with E-state index in [4.69, 9.17) is 4.98 Å². The van der Waals surface area contributed by atoms with Gasteiger partial charge in [-0.25, -0.2) is 4.98 Å². The van der Waals surface area contributed by atoms with Gasteiger partial charge in [0.15, 0.2) is 5.96 Å². The first-order valence-corrected chi connectivity index (χ1v) is 8.29. The average molecular weight is 294 g/mol. The highest BCUT2D eigenvalue weighted by molar-refractivity contribution is 7.09. The molecule has 20 heavy (non-hydrogen) atoms. The van der Waals surface area contributed by atoms with E-state index in [0.717, 1.165) is 18.2 Å². The van der Waals surface area contributed by atoms with Crippen LogP contribution in [0.1, 0.15) is 57.2 Å². The normalized spacial score (nSPS) is 17.5. The van der Waals surface area contributed by atoms with E-state index in [9.17, 15) is 0 Å². The number of hydrogen-bond donors (Lipinski definition) is 2. The Kier molecular flexibility index (Phi) is 5.02. The summed E-state index contributed by atoms with van der Waals surface area (Å²) in [4.78, 5) is 8.99. The standard InChI is InChI=1S/C15H26N4S/c1-15(2,3)13-18-12(10-20-13)9-17-14(16-4)19-11-7-5-6-8-11/h10-11H,5-9H2,1-4H3,(H2,16,17,19). The molecule has 112 valence electrons. The Labute approximate surface area is 126 Å². The molecule has 1 heterocycles. The lowest BCUT2D eigenvalue weighted by molar-refractivity contribution is 0.581. The molecule has 0 saturated heterocycles. The summed E-state index contributed by atoms with van der Waals surface area (Å²) in [6.07, 6.45) is 5.17. The highest BCUT2D eigenvalue weighted by Crippen LogP contribution is 2.25. The molecule has 5 heteroatoms. The van der Waals surface area contributed by atoms with E-state index in [1.807, 2.05) is 7.05 Å². The minimum atomic E-state index is 0.132. The van der Waals surface area contributed by atoms with Crippen LogP contribution >= 0.6 is 11.3 Å². The molecule has 1 aromatic heterocycles. The first-order chi connectivity index (χ1) is 9.49. The van der Waals surface area contributed by atoms with E-state index < -0.39 is 0 Å². The van der Waals surface area contributed by atoms with Crippen LogP contribution in [-0.4, -0.2) is 24.0 Å². The molecule has 1 saturated carbocycles. The summed E-state index contributed by atoms with van der Waals surface area (Å²) in [5.41, 5.74) is 1.22. The minimum absolute atomic E-state index is 0.132. The Morgan fingerprint density at radius 2 is 2.10 bits per heavy atom. The summed E-state index contributed by atoms with van der Waals surface area (Å²) in [6, 6.07) is 0.585. The van der Waals surface area contributed by atoms with Gasteiger partial charge < -0.3 is 10.6 Å². The second-order valence-corrected chi connectivity index (χ2v) is 7.30. The largest absolute Gasteiger partial charge is 0.354 e. The molecule has 0 aromatic carbocycles. The van der Waals surface area contributed by atoms with Crippen molar-refractivity contribution in [3.63, 3.8) is 0 Å². The number of guanidine groups is 1. The number of aromatic nitrogens is 1. The quantitative estimate of drug-likeness (QED) is 0.665. The molecule has 0 spiro atoms. The van der Waals surface area contributed by atoms with Gasteiger partial charge in [0, 0.05) is 23.9 Å².